The predicted octanol–water partition coefficient (Wildman–Crippen LogP) is 2.48. The van der Waals surface area contributed by atoms with Crippen molar-refractivity contribution in [3.05, 3.63) is 83.9 Å². The maximum Gasteiger partial charge on any atom is 0.243 e. The van der Waals surface area contributed by atoms with E-state index in [1.165, 1.54) is 43.5 Å². The van der Waals surface area contributed by atoms with Gasteiger partial charge in [0.25, 0.3) is 0 Å². The fraction of sp³-hybridized carbons (Fsp3) is 0.174. The molecule has 180 valence electrons. The van der Waals surface area contributed by atoms with Crippen LogP contribution in [-0.2, 0) is 31.4 Å². The van der Waals surface area contributed by atoms with Crippen LogP contribution in [0.2, 0.25) is 0 Å². The molecule has 0 radical (unpaired) electrons. The Kier molecular flexibility index (Phi) is 7.72. The summed E-state index contributed by atoms with van der Waals surface area (Å²) in [4.78, 5) is 12.7. The third-order valence-corrected chi connectivity index (χ3v) is 7.71. The molecule has 0 heterocycles. The lowest BCUT2D eigenvalue weighted by molar-refractivity contribution is -0.116. The molecule has 3 aromatic carbocycles. The Balaban J connectivity index is 1.87. The molecule has 0 spiro atoms. The molecule has 0 unspecified atom stereocenters. The van der Waals surface area contributed by atoms with Gasteiger partial charge in [0.05, 0.1) is 23.4 Å². The standard InChI is InChI=1S/C23H25N3O6S2/c1-17-14-21(12-13-22(17)32-2)34(30,31)26(15-18-6-4-3-5-7-18)16-23(27)25-19-8-10-20(11-9-19)33(24,28)29/h3-14H,15-16H2,1-2H3,(H,25,27)(H2,24,28,29). The van der Waals surface area contributed by atoms with E-state index in [0.29, 0.717) is 22.6 Å². The maximum absolute atomic E-state index is 13.5. The van der Waals surface area contributed by atoms with E-state index in [9.17, 15) is 21.6 Å². The van der Waals surface area contributed by atoms with Crippen LogP contribution < -0.4 is 15.2 Å². The molecule has 0 aliphatic heterocycles. The molecular formula is C23H25N3O6S2. The molecule has 1 amide bonds. The molecule has 34 heavy (non-hydrogen) atoms. The smallest absolute Gasteiger partial charge is 0.243 e. The van der Waals surface area contributed by atoms with Crippen LogP contribution in [0.5, 0.6) is 5.75 Å². The van der Waals surface area contributed by atoms with Crippen molar-refractivity contribution in [1.29, 1.82) is 0 Å². The van der Waals surface area contributed by atoms with Crippen molar-refractivity contribution in [2.45, 2.75) is 23.3 Å². The minimum atomic E-state index is -4.04. The lowest BCUT2D eigenvalue weighted by Gasteiger charge is -2.22. The number of ether oxygens (including phenoxy) is 1. The Morgan fingerprint density at radius 3 is 2.12 bits per heavy atom. The highest BCUT2D eigenvalue weighted by molar-refractivity contribution is 7.89. The zero-order valence-corrected chi connectivity index (χ0v) is 20.3. The second-order valence-corrected chi connectivity index (χ2v) is 11.0. The summed E-state index contributed by atoms with van der Waals surface area (Å²) in [5.41, 5.74) is 1.65. The number of hydrogen-bond acceptors (Lipinski definition) is 6. The highest BCUT2D eigenvalue weighted by atomic mass is 32.2. The quantitative estimate of drug-likeness (QED) is 0.460. The number of amides is 1. The fourth-order valence-corrected chi connectivity index (χ4v) is 5.25. The van der Waals surface area contributed by atoms with Gasteiger partial charge in [0.1, 0.15) is 5.75 Å². The number of carbonyl (C=O) groups excluding carboxylic acids is 1. The first-order valence-corrected chi connectivity index (χ1v) is 13.1. The Labute approximate surface area is 199 Å². The lowest BCUT2D eigenvalue weighted by Crippen LogP contribution is -2.37. The summed E-state index contributed by atoms with van der Waals surface area (Å²) >= 11 is 0. The molecule has 9 nitrogen and oxygen atoms in total. The van der Waals surface area contributed by atoms with Gasteiger partial charge in [-0.1, -0.05) is 30.3 Å². The fourth-order valence-electron chi connectivity index (χ4n) is 3.26. The number of sulfonamides is 2. The van der Waals surface area contributed by atoms with Gasteiger partial charge in [-0.15, -0.1) is 0 Å². The van der Waals surface area contributed by atoms with Gasteiger partial charge in [-0.05, 0) is 60.5 Å². The molecule has 3 N–H and O–H groups in total. The molecule has 0 fully saturated rings. The minimum Gasteiger partial charge on any atom is -0.496 e. The predicted molar refractivity (Wildman–Crippen MR) is 128 cm³/mol. The number of hydrogen-bond donors (Lipinski definition) is 2. The molecule has 0 aliphatic carbocycles. The Hall–Kier alpha value is -3.25. The second kappa shape index (κ2) is 10.3. The molecule has 0 saturated heterocycles. The first-order chi connectivity index (χ1) is 16.0. The summed E-state index contributed by atoms with van der Waals surface area (Å²) in [5, 5.41) is 7.67. The molecule has 0 bridgehead atoms. The van der Waals surface area contributed by atoms with E-state index in [1.807, 2.05) is 6.07 Å². The van der Waals surface area contributed by atoms with E-state index in [0.717, 1.165) is 4.31 Å². The molecule has 0 aliphatic rings. The Morgan fingerprint density at radius 2 is 1.56 bits per heavy atom. The second-order valence-electron chi connectivity index (χ2n) is 7.51. The third-order valence-electron chi connectivity index (χ3n) is 4.99. The summed E-state index contributed by atoms with van der Waals surface area (Å²) in [7, 11) is -6.41. The molecule has 3 aromatic rings. The normalized spacial score (nSPS) is 11.9. The van der Waals surface area contributed by atoms with Crippen molar-refractivity contribution in [2.24, 2.45) is 5.14 Å². The minimum absolute atomic E-state index is 0.0218. The van der Waals surface area contributed by atoms with E-state index in [2.05, 4.69) is 5.32 Å². The van der Waals surface area contributed by atoms with E-state index in [4.69, 9.17) is 9.88 Å². The summed E-state index contributed by atoms with van der Waals surface area (Å²) in [6.07, 6.45) is 0. The van der Waals surface area contributed by atoms with E-state index in [1.54, 1.807) is 37.3 Å². The van der Waals surface area contributed by atoms with Crippen molar-refractivity contribution < 1.29 is 26.4 Å². The molecule has 0 saturated carbocycles. The van der Waals surface area contributed by atoms with Crippen LogP contribution in [-0.4, -0.2) is 40.7 Å². The number of nitrogens with zero attached hydrogens (tertiary/aromatic N) is 1. The van der Waals surface area contributed by atoms with Crippen molar-refractivity contribution in [3.8, 4) is 5.75 Å². The highest BCUT2D eigenvalue weighted by Crippen LogP contribution is 2.25. The molecule has 3 rings (SSSR count). The average Bonchev–Trinajstić information content (AvgIpc) is 2.79. The van der Waals surface area contributed by atoms with Crippen LogP contribution in [0.3, 0.4) is 0 Å². The molecule has 0 atom stereocenters. The maximum atomic E-state index is 13.5. The first kappa shape index (κ1) is 25.4. The van der Waals surface area contributed by atoms with Crippen LogP contribution in [0.4, 0.5) is 5.69 Å². The van der Waals surface area contributed by atoms with Crippen molar-refractivity contribution >= 4 is 31.6 Å². The van der Waals surface area contributed by atoms with Gasteiger partial charge >= 0.3 is 0 Å². The highest BCUT2D eigenvalue weighted by Gasteiger charge is 2.27. The van der Waals surface area contributed by atoms with Gasteiger partial charge in [-0.2, -0.15) is 4.31 Å². The SMILES string of the molecule is COc1ccc(S(=O)(=O)N(CC(=O)Nc2ccc(S(N)(=O)=O)cc2)Cc2ccccc2)cc1C. The molecule has 11 heteroatoms. The third kappa shape index (κ3) is 6.20. The molecule has 0 aromatic heterocycles. The van der Waals surface area contributed by atoms with Crippen molar-refractivity contribution in [2.75, 3.05) is 19.0 Å². The Morgan fingerprint density at radius 1 is 0.941 bits per heavy atom. The van der Waals surface area contributed by atoms with Gasteiger partial charge in [0, 0.05) is 12.2 Å². The van der Waals surface area contributed by atoms with Gasteiger partial charge in [0.2, 0.25) is 26.0 Å². The van der Waals surface area contributed by atoms with Crippen LogP contribution >= 0.6 is 0 Å². The number of methoxy groups -OCH3 is 1. The number of rotatable bonds is 9. The number of primary sulfonamides is 1. The number of aryl methyl sites for hydroxylation is 1. The van der Waals surface area contributed by atoms with E-state index < -0.39 is 32.5 Å². The summed E-state index contributed by atoms with van der Waals surface area (Å²) in [6, 6.07) is 18.7. The van der Waals surface area contributed by atoms with E-state index in [-0.39, 0.29) is 16.3 Å². The van der Waals surface area contributed by atoms with Gasteiger partial charge in [-0.3, -0.25) is 4.79 Å². The van der Waals surface area contributed by atoms with Crippen LogP contribution in [0.1, 0.15) is 11.1 Å². The van der Waals surface area contributed by atoms with Crippen molar-refractivity contribution in [3.63, 3.8) is 0 Å². The largest absolute Gasteiger partial charge is 0.496 e. The average molecular weight is 504 g/mol. The molecular weight excluding hydrogens is 478 g/mol. The number of carbonyl (C=O) groups is 1. The monoisotopic (exact) mass is 503 g/mol. The van der Waals surface area contributed by atoms with Gasteiger partial charge < -0.3 is 10.1 Å². The number of nitrogens with one attached hydrogen (secondary N) is 1. The van der Waals surface area contributed by atoms with Crippen LogP contribution in [0, 0.1) is 6.92 Å². The topological polar surface area (TPSA) is 136 Å². The first-order valence-electron chi connectivity index (χ1n) is 10.1. The zero-order chi connectivity index (χ0) is 24.9. The zero-order valence-electron chi connectivity index (χ0n) is 18.6. The van der Waals surface area contributed by atoms with Gasteiger partial charge in [-0.25, -0.2) is 22.0 Å². The number of benzene rings is 3. The van der Waals surface area contributed by atoms with Crippen LogP contribution in [0.15, 0.2) is 82.6 Å². The summed E-state index contributed by atoms with van der Waals surface area (Å²) in [5.74, 6) is -0.0395. The lowest BCUT2D eigenvalue weighted by atomic mass is 10.2. The van der Waals surface area contributed by atoms with Gasteiger partial charge in [0.15, 0.2) is 0 Å². The van der Waals surface area contributed by atoms with Crippen molar-refractivity contribution in [1.82, 2.24) is 4.31 Å². The Bertz CT molecular complexity index is 1370. The van der Waals surface area contributed by atoms with E-state index >= 15 is 0 Å². The summed E-state index contributed by atoms with van der Waals surface area (Å²) < 4.78 is 56.0. The number of anilines is 1. The number of nitrogens with two attached hydrogens (primary N) is 1. The summed E-state index contributed by atoms with van der Waals surface area (Å²) in [6.45, 7) is 1.25. The van der Waals surface area contributed by atoms with Crippen LogP contribution in [0.25, 0.3) is 0 Å².